The van der Waals surface area contributed by atoms with Gasteiger partial charge in [-0.3, -0.25) is 4.79 Å². The van der Waals surface area contributed by atoms with Crippen LogP contribution in [0.1, 0.15) is 43.0 Å². The van der Waals surface area contributed by atoms with Crippen molar-refractivity contribution in [3.63, 3.8) is 0 Å². The highest BCUT2D eigenvalue weighted by Crippen LogP contribution is 2.35. The number of fused-ring (bicyclic) bond motifs is 1. The molecule has 3 heterocycles. The van der Waals surface area contributed by atoms with Crippen LogP contribution in [0, 0.1) is 6.92 Å². The summed E-state index contributed by atoms with van der Waals surface area (Å²) in [4.78, 5) is 22.1. The van der Waals surface area contributed by atoms with Crippen molar-refractivity contribution in [1.82, 2.24) is 14.3 Å². The standard InChI is InChI=1S/C24H28N4O4S/c1-16-5-7-19-20(14-16)26-24(25-19)17-9-12-27(13-10-17)33(30,31)22-15-18(6-8-21(22)32-2)28-11-3-4-23(28)29/h5-8,14-15,17H,3-4,9-13H2,1-2H3,(H,25,26). The zero-order valence-corrected chi connectivity index (χ0v) is 19.7. The van der Waals surface area contributed by atoms with Crippen molar-refractivity contribution in [2.75, 3.05) is 31.6 Å². The number of sulfonamides is 1. The number of nitrogens with one attached hydrogen (secondary N) is 1. The summed E-state index contributed by atoms with van der Waals surface area (Å²) in [6.45, 7) is 3.46. The van der Waals surface area contributed by atoms with Crippen molar-refractivity contribution in [2.45, 2.75) is 43.4 Å². The Morgan fingerprint density at radius 2 is 1.88 bits per heavy atom. The fourth-order valence-electron chi connectivity index (χ4n) is 4.80. The van der Waals surface area contributed by atoms with Crippen molar-refractivity contribution in [2.24, 2.45) is 0 Å². The number of hydrogen-bond donors (Lipinski definition) is 1. The first-order valence-electron chi connectivity index (χ1n) is 11.3. The van der Waals surface area contributed by atoms with Crippen LogP contribution >= 0.6 is 0 Å². The van der Waals surface area contributed by atoms with Crippen LogP contribution in [-0.2, 0) is 14.8 Å². The zero-order valence-electron chi connectivity index (χ0n) is 18.9. The van der Waals surface area contributed by atoms with E-state index in [1.165, 1.54) is 17.0 Å². The molecule has 33 heavy (non-hydrogen) atoms. The van der Waals surface area contributed by atoms with E-state index < -0.39 is 10.0 Å². The Morgan fingerprint density at radius 1 is 1.09 bits per heavy atom. The number of ether oxygens (including phenoxy) is 1. The molecule has 0 aliphatic carbocycles. The molecule has 9 heteroatoms. The lowest BCUT2D eigenvalue weighted by Gasteiger charge is -2.31. The van der Waals surface area contributed by atoms with E-state index in [0.717, 1.165) is 23.3 Å². The lowest BCUT2D eigenvalue weighted by molar-refractivity contribution is -0.117. The molecule has 1 amide bonds. The molecule has 2 fully saturated rings. The van der Waals surface area contributed by atoms with Crippen LogP contribution in [0.2, 0.25) is 0 Å². The summed E-state index contributed by atoms with van der Waals surface area (Å²) in [5.74, 6) is 1.41. The normalized spacial score (nSPS) is 18.4. The molecule has 0 spiro atoms. The van der Waals surface area contributed by atoms with Gasteiger partial charge in [-0.05, 0) is 62.1 Å². The minimum Gasteiger partial charge on any atom is -0.495 e. The van der Waals surface area contributed by atoms with Crippen molar-refractivity contribution in [1.29, 1.82) is 0 Å². The minimum absolute atomic E-state index is 0.0188. The van der Waals surface area contributed by atoms with Crippen molar-refractivity contribution in [3.05, 3.63) is 47.8 Å². The van der Waals surface area contributed by atoms with Crippen LogP contribution in [0.4, 0.5) is 5.69 Å². The number of benzene rings is 2. The van der Waals surface area contributed by atoms with Gasteiger partial charge >= 0.3 is 0 Å². The first-order valence-corrected chi connectivity index (χ1v) is 12.8. The average Bonchev–Trinajstić information content (AvgIpc) is 3.44. The largest absolute Gasteiger partial charge is 0.495 e. The number of anilines is 1. The number of hydrogen-bond acceptors (Lipinski definition) is 5. The van der Waals surface area contributed by atoms with Gasteiger partial charge in [-0.15, -0.1) is 0 Å². The zero-order chi connectivity index (χ0) is 23.2. The molecule has 2 aliphatic rings. The van der Waals surface area contributed by atoms with Gasteiger partial charge in [-0.25, -0.2) is 13.4 Å². The molecule has 1 N–H and O–H groups in total. The van der Waals surface area contributed by atoms with Crippen LogP contribution in [0.5, 0.6) is 5.75 Å². The Labute approximate surface area is 193 Å². The summed E-state index contributed by atoms with van der Waals surface area (Å²) in [6.07, 6.45) is 2.64. The molecule has 5 rings (SSSR count). The predicted octanol–water partition coefficient (Wildman–Crippen LogP) is 3.58. The number of carbonyl (C=O) groups is 1. The van der Waals surface area contributed by atoms with Crippen LogP contribution in [0.25, 0.3) is 11.0 Å². The predicted molar refractivity (Wildman–Crippen MR) is 126 cm³/mol. The molecule has 0 unspecified atom stereocenters. The van der Waals surface area contributed by atoms with Gasteiger partial charge in [0.2, 0.25) is 15.9 Å². The summed E-state index contributed by atoms with van der Waals surface area (Å²) in [5.41, 5.74) is 3.72. The highest BCUT2D eigenvalue weighted by molar-refractivity contribution is 7.89. The fraction of sp³-hybridized carbons (Fsp3) is 0.417. The molecule has 0 radical (unpaired) electrons. The van der Waals surface area contributed by atoms with Crippen molar-refractivity contribution in [3.8, 4) is 5.75 Å². The molecule has 2 aliphatic heterocycles. The highest BCUT2D eigenvalue weighted by atomic mass is 32.2. The topological polar surface area (TPSA) is 95.6 Å². The molecule has 3 aromatic rings. The summed E-state index contributed by atoms with van der Waals surface area (Å²) in [7, 11) is -2.31. The maximum absolute atomic E-state index is 13.6. The molecule has 2 aromatic carbocycles. The smallest absolute Gasteiger partial charge is 0.246 e. The van der Waals surface area contributed by atoms with E-state index in [0.29, 0.717) is 50.3 Å². The second kappa shape index (κ2) is 8.46. The van der Waals surface area contributed by atoms with Gasteiger partial charge in [-0.1, -0.05) is 6.07 Å². The summed E-state index contributed by atoms with van der Waals surface area (Å²) in [5, 5.41) is 0. The lowest BCUT2D eigenvalue weighted by atomic mass is 9.97. The van der Waals surface area contributed by atoms with Crippen LogP contribution < -0.4 is 9.64 Å². The Morgan fingerprint density at radius 3 is 2.58 bits per heavy atom. The van der Waals surface area contributed by atoms with Crippen LogP contribution in [-0.4, -0.2) is 55.3 Å². The Hall–Kier alpha value is -2.91. The highest BCUT2D eigenvalue weighted by Gasteiger charge is 2.34. The third-order valence-electron chi connectivity index (χ3n) is 6.65. The van der Waals surface area contributed by atoms with Gasteiger partial charge in [-0.2, -0.15) is 4.31 Å². The lowest BCUT2D eigenvalue weighted by Crippen LogP contribution is -2.38. The first-order chi connectivity index (χ1) is 15.9. The Bertz CT molecular complexity index is 1310. The summed E-state index contributed by atoms with van der Waals surface area (Å²) >= 11 is 0. The SMILES string of the molecule is COc1ccc(N2CCCC2=O)cc1S(=O)(=O)N1CCC(c2nc3ccc(C)cc3[nH]2)CC1. The first kappa shape index (κ1) is 21.9. The molecule has 8 nitrogen and oxygen atoms in total. The number of imidazole rings is 1. The number of aromatic nitrogens is 2. The van der Waals surface area contributed by atoms with E-state index in [-0.39, 0.29) is 16.7 Å². The van der Waals surface area contributed by atoms with Gasteiger partial charge < -0.3 is 14.6 Å². The Kier molecular flexibility index (Phi) is 5.62. The number of methoxy groups -OCH3 is 1. The molecule has 2 saturated heterocycles. The van der Waals surface area contributed by atoms with Gasteiger partial charge in [0.1, 0.15) is 16.5 Å². The molecule has 0 bridgehead atoms. The Balaban J connectivity index is 1.37. The quantitative estimate of drug-likeness (QED) is 0.618. The molecular weight excluding hydrogens is 440 g/mol. The number of rotatable bonds is 5. The third kappa shape index (κ3) is 4.00. The number of amides is 1. The minimum atomic E-state index is -3.77. The van der Waals surface area contributed by atoms with Crippen molar-refractivity contribution < 1.29 is 17.9 Å². The number of aromatic amines is 1. The van der Waals surface area contributed by atoms with E-state index in [4.69, 9.17) is 9.72 Å². The summed E-state index contributed by atoms with van der Waals surface area (Å²) in [6, 6.07) is 11.1. The number of H-pyrrole nitrogens is 1. The number of carbonyl (C=O) groups excluding carboxylic acids is 1. The van der Waals surface area contributed by atoms with E-state index in [1.54, 1.807) is 23.1 Å². The second-order valence-corrected chi connectivity index (χ2v) is 10.7. The van der Waals surface area contributed by atoms with E-state index in [1.807, 2.05) is 19.1 Å². The van der Waals surface area contributed by atoms with Crippen LogP contribution in [0.15, 0.2) is 41.3 Å². The van der Waals surface area contributed by atoms with Crippen molar-refractivity contribution >= 4 is 32.7 Å². The molecule has 0 saturated carbocycles. The summed E-state index contributed by atoms with van der Waals surface area (Å²) < 4.78 is 34.0. The number of nitrogens with zero attached hydrogens (tertiary/aromatic N) is 3. The van der Waals surface area contributed by atoms with Gasteiger partial charge in [0.25, 0.3) is 0 Å². The van der Waals surface area contributed by atoms with Gasteiger partial charge in [0.15, 0.2) is 0 Å². The van der Waals surface area contributed by atoms with E-state index >= 15 is 0 Å². The van der Waals surface area contributed by atoms with Gasteiger partial charge in [0.05, 0.1) is 18.1 Å². The fourth-order valence-corrected chi connectivity index (χ4v) is 6.45. The number of aryl methyl sites for hydroxylation is 1. The average molecular weight is 469 g/mol. The van der Waals surface area contributed by atoms with Crippen LogP contribution in [0.3, 0.4) is 0 Å². The molecular formula is C24H28N4O4S. The monoisotopic (exact) mass is 468 g/mol. The second-order valence-electron chi connectivity index (χ2n) is 8.81. The van der Waals surface area contributed by atoms with E-state index in [9.17, 15) is 13.2 Å². The maximum atomic E-state index is 13.6. The molecule has 174 valence electrons. The van der Waals surface area contributed by atoms with E-state index in [2.05, 4.69) is 11.1 Å². The number of piperidine rings is 1. The molecule has 1 aromatic heterocycles. The third-order valence-corrected chi connectivity index (χ3v) is 8.57. The maximum Gasteiger partial charge on any atom is 0.246 e. The molecule has 0 atom stereocenters. The van der Waals surface area contributed by atoms with Gasteiger partial charge in [0, 0.05) is 37.7 Å².